The zero-order valence-corrected chi connectivity index (χ0v) is 14.5. The van der Waals surface area contributed by atoms with Crippen LogP contribution in [0.1, 0.15) is 38.2 Å². The predicted octanol–water partition coefficient (Wildman–Crippen LogP) is 4.97. The molecule has 0 heterocycles. The average Bonchev–Trinajstić information content (AvgIpc) is 3.31. The largest absolute Gasteiger partial charge is 0.462 e. The molecule has 0 saturated heterocycles. The number of hydrogen-bond acceptors (Lipinski definition) is 3. The second-order valence-corrected chi connectivity index (χ2v) is 7.78. The molecule has 1 aromatic rings. The second kappa shape index (κ2) is 7.68. The Bertz CT molecular complexity index is 600. The summed E-state index contributed by atoms with van der Waals surface area (Å²) in [5.41, 5.74) is 1.15. The summed E-state index contributed by atoms with van der Waals surface area (Å²) in [6, 6.07) is 7.77. The Labute approximate surface area is 145 Å². The lowest BCUT2D eigenvalue weighted by Gasteiger charge is -2.11. The first-order valence-electron chi connectivity index (χ1n) is 8.51. The van der Waals surface area contributed by atoms with Gasteiger partial charge in [0.1, 0.15) is 12.3 Å². The van der Waals surface area contributed by atoms with Crippen molar-refractivity contribution >= 4 is 23.3 Å². The lowest BCUT2D eigenvalue weighted by Crippen LogP contribution is -2.08. The number of benzene rings is 1. The van der Waals surface area contributed by atoms with Crippen LogP contribution in [0.5, 0.6) is 0 Å². The van der Waals surface area contributed by atoms with E-state index in [0.717, 1.165) is 10.8 Å². The fourth-order valence-corrected chi connectivity index (χ4v) is 3.97. The molecule has 2 aliphatic rings. The van der Waals surface area contributed by atoms with E-state index in [2.05, 4.69) is 0 Å². The van der Waals surface area contributed by atoms with Gasteiger partial charge in [0.05, 0.1) is 12.2 Å². The molecule has 3 atom stereocenters. The van der Waals surface area contributed by atoms with Crippen molar-refractivity contribution < 1.29 is 18.3 Å². The van der Waals surface area contributed by atoms with Gasteiger partial charge in [-0.1, -0.05) is 18.2 Å². The molecule has 0 amide bonds. The lowest BCUT2D eigenvalue weighted by molar-refractivity contribution is -0.136. The van der Waals surface area contributed by atoms with Crippen molar-refractivity contribution in [1.82, 2.24) is 0 Å². The van der Waals surface area contributed by atoms with Gasteiger partial charge in [0, 0.05) is 10.1 Å². The summed E-state index contributed by atoms with van der Waals surface area (Å²) in [7, 11) is 0. The van der Waals surface area contributed by atoms with Crippen LogP contribution in [0.3, 0.4) is 0 Å². The molecule has 0 aliphatic heterocycles. The Balaban J connectivity index is 1.79. The van der Waals surface area contributed by atoms with E-state index in [9.17, 15) is 13.6 Å². The Hall–Kier alpha value is -1.36. The van der Waals surface area contributed by atoms with Gasteiger partial charge in [-0.05, 0) is 56.2 Å². The third-order valence-corrected chi connectivity index (χ3v) is 5.69. The Morgan fingerprint density at radius 3 is 2.38 bits per heavy atom. The lowest BCUT2D eigenvalue weighted by atomic mass is 9.98. The van der Waals surface area contributed by atoms with Gasteiger partial charge in [0.2, 0.25) is 0 Å². The highest BCUT2D eigenvalue weighted by molar-refractivity contribution is 8.00. The number of carbonyl (C=O) groups is 1. The highest BCUT2D eigenvalue weighted by Crippen LogP contribution is 2.39. The number of allylic oxidation sites excluding steroid dienone is 1. The van der Waals surface area contributed by atoms with Gasteiger partial charge in [-0.2, -0.15) is 0 Å². The molecular formula is C19H22F2O2S. The van der Waals surface area contributed by atoms with E-state index in [0.29, 0.717) is 5.57 Å². The monoisotopic (exact) mass is 352 g/mol. The number of alkyl halides is 2. The van der Waals surface area contributed by atoms with Crippen LogP contribution in [0.15, 0.2) is 35.2 Å². The van der Waals surface area contributed by atoms with E-state index in [1.165, 1.54) is 17.7 Å². The summed E-state index contributed by atoms with van der Waals surface area (Å²) < 4.78 is 32.0. The third-order valence-electron chi connectivity index (χ3n) is 4.34. The summed E-state index contributed by atoms with van der Waals surface area (Å²) in [6.07, 6.45) is 1.58. The molecule has 0 aromatic heterocycles. The highest BCUT2D eigenvalue weighted by Gasteiger charge is 2.34. The van der Waals surface area contributed by atoms with Crippen LogP contribution in [-0.4, -0.2) is 30.2 Å². The zero-order chi connectivity index (χ0) is 17.1. The molecule has 3 rings (SSSR count). The maximum atomic E-state index is 13.4. The van der Waals surface area contributed by atoms with E-state index in [4.69, 9.17) is 4.74 Å². The molecule has 1 aromatic carbocycles. The molecule has 0 spiro atoms. The van der Waals surface area contributed by atoms with Crippen LogP contribution in [0.2, 0.25) is 0 Å². The zero-order valence-electron chi connectivity index (χ0n) is 13.7. The molecule has 2 saturated carbocycles. The van der Waals surface area contributed by atoms with E-state index >= 15 is 0 Å². The maximum absolute atomic E-state index is 13.4. The summed E-state index contributed by atoms with van der Waals surface area (Å²) in [4.78, 5) is 13.5. The number of halogens is 2. The first-order chi connectivity index (χ1) is 11.6. The van der Waals surface area contributed by atoms with E-state index in [-0.39, 0.29) is 25.4 Å². The molecule has 2 fully saturated rings. The minimum absolute atomic E-state index is 0.125. The van der Waals surface area contributed by atoms with Crippen LogP contribution in [0.4, 0.5) is 8.78 Å². The van der Waals surface area contributed by atoms with Crippen molar-refractivity contribution in [2.45, 2.75) is 55.1 Å². The summed E-state index contributed by atoms with van der Waals surface area (Å²) in [6.45, 7) is 2.02. The molecule has 5 heteroatoms. The van der Waals surface area contributed by atoms with Crippen molar-refractivity contribution in [2.24, 2.45) is 5.92 Å². The maximum Gasteiger partial charge on any atom is 0.338 e. The highest BCUT2D eigenvalue weighted by atomic mass is 32.2. The Kier molecular flexibility index (Phi) is 5.59. The number of esters is 1. The fourth-order valence-electron chi connectivity index (χ4n) is 2.92. The van der Waals surface area contributed by atoms with Gasteiger partial charge in [0.25, 0.3) is 0 Å². The SMILES string of the molecule is CCOC(=O)/C(=C/[C@H]1C[C@@H](F)[C@@H](F)C1)c1ccc(SC2CC2)cc1. The smallest absolute Gasteiger partial charge is 0.338 e. The normalized spacial score (nSPS) is 27.3. The van der Waals surface area contributed by atoms with Gasteiger partial charge in [-0.25, -0.2) is 13.6 Å². The molecule has 2 nitrogen and oxygen atoms in total. The first-order valence-corrected chi connectivity index (χ1v) is 9.39. The quantitative estimate of drug-likeness (QED) is 0.534. The number of ether oxygens (including phenoxy) is 1. The van der Waals surface area contributed by atoms with Gasteiger partial charge < -0.3 is 4.74 Å². The number of thioether (sulfide) groups is 1. The van der Waals surface area contributed by atoms with Crippen molar-refractivity contribution in [1.29, 1.82) is 0 Å². The molecule has 0 N–H and O–H groups in total. The van der Waals surface area contributed by atoms with Gasteiger partial charge >= 0.3 is 5.97 Å². The topological polar surface area (TPSA) is 26.3 Å². The number of rotatable bonds is 6. The number of carbonyl (C=O) groups excluding carboxylic acids is 1. The summed E-state index contributed by atoms with van der Waals surface area (Å²) >= 11 is 1.85. The van der Waals surface area contributed by atoms with E-state index < -0.39 is 18.3 Å². The van der Waals surface area contributed by atoms with Crippen molar-refractivity contribution in [3.05, 3.63) is 35.9 Å². The van der Waals surface area contributed by atoms with Crippen LogP contribution < -0.4 is 0 Å². The first kappa shape index (κ1) is 17.5. The molecular weight excluding hydrogens is 330 g/mol. The second-order valence-electron chi connectivity index (χ2n) is 6.41. The minimum atomic E-state index is -1.44. The molecule has 0 bridgehead atoms. The average molecular weight is 352 g/mol. The Morgan fingerprint density at radius 1 is 1.21 bits per heavy atom. The third kappa shape index (κ3) is 4.38. The van der Waals surface area contributed by atoms with Crippen LogP contribution in [0, 0.1) is 5.92 Å². The fraction of sp³-hybridized carbons (Fsp3) is 0.526. The minimum Gasteiger partial charge on any atom is -0.462 e. The van der Waals surface area contributed by atoms with Crippen molar-refractivity contribution in [3.63, 3.8) is 0 Å². The van der Waals surface area contributed by atoms with Gasteiger partial charge in [0.15, 0.2) is 0 Å². The van der Waals surface area contributed by atoms with Gasteiger partial charge in [-0.3, -0.25) is 0 Å². The van der Waals surface area contributed by atoms with Crippen LogP contribution in [0.25, 0.3) is 5.57 Å². The number of hydrogen-bond donors (Lipinski definition) is 0. The van der Waals surface area contributed by atoms with Crippen molar-refractivity contribution in [3.8, 4) is 0 Å². The predicted molar refractivity (Wildman–Crippen MR) is 92.4 cm³/mol. The standard InChI is InChI=1S/C19H22F2O2S/c1-2-23-19(22)16(9-12-10-17(20)18(21)11-12)13-3-5-14(6-4-13)24-15-7-8-15/h3-6,9,12,15,17-18H,2,7-8,10-11H2,1H3/b16-9+/t12-,17+,18-. The molecule has 130 valence electrons. The van der Waals surface area contributed by atoms with E-state index in [1.807, 2.05) is 36.0 Å². The molecule has 2 aliphatic carbocycles. The molecule has 0 radical (unpaired) electrons. The van der Waals surface area contributed by atoms with Crippen LogP contribution >= 0.6 is 11.8 Å². The van der Waals surface area contributed by atoms with Crippen molar-refractivity contribution in [2.75, 3.05) is 6.61 Å². The molecule has 24 heavy (non-hydrogen) atoms. The van der Waals surface area contributed by atoms with Gasteiger partial charge in [-0.15, -0.1) is 11.8 Å². The molecule has 0 unspecified atom stereocenters. The Morgan fingerprint density at radius 2 is 1.83 bits per heavy atom. The van der Waals surface area contributed by atoms with E-state index in [1.54, 1.807) is 13.0 Å². The summed E-state index contributed by atoms with van der Waals surface area (Å²) in [5, 5.41) is 0.720. The van der Waals surface area contributed by atoms with Crippen LogP contribution in [-0.2, 0) is 9.53 Å². The summed E-state index contributed by atoms with van der Waals surface area (Å²) in [5.74, 6) is -0.701.